The molecule has 3 N–H and O–H groups in total. The SMILES string of the molecule is Cc1ccc(NC(=O)CNC(=O)NCc2ccccc2)cc1S(=O)(=O)N1CCOCC1. The number of sulfonamides is 1. The van der Waals surface area contributed by atoms with Gasteiger partial charge in [-0.1, -0.05) is 36.4 Å². The van der Waals surface area contributed by atoms with Gasteiger partial charge in [0.25, 0.3) is 0 Å². The summed E-state index contributed by atoms with van der Waals surface area (Å²) < 4.78 is 32.5. The maximum absolute atomic E-state index is 12.9. The molecule has 1 saturated heterocycles. The van der Waals surface area contributed by atoms with Gasteiger partial charge in [-0.05, 0) is 30.2 Å². The van der Waals surface area contributed by atoms with E-state index in [0.717, 1.165) is 5.56 Å². The number of hydrogen-bond donors (Lipinski definition) is 3. The van der Waals surface area contributed by atoms with Crippen molar-refractivity contribution in [2.75, 3.05) is 38.2 Å². The van der Waals surface area contributed by atoms with E-state index in [9.17, 15) is 18.0 Å². The zero-order valence-electron chi connectivity index (χ0n) is 17.3. The predicted octanol–water partition coefficient (Wildman–Crippen LogP) is 1.45. The standard InChI is InChI=1S/C21H26N4O5S/c1-16-7-8-18(13-19(16)31(28,29)25-9-11-30-12-10-25)24-20(26)15-23-21(27)22-14-17-5-3-2-4-6-17/h2-8,13H,9-12,14-15H2,1H3,(H,24,26)(H2,22,23,27). The Morgan fingerprint density at radius 3 is 2.45 bits per heavy atom. The van der Waals surface area contributed by atoms with E-state index >= 15 is 0 Å². The molecular formula is C21H26N4O5S. The third-order valence-electron chi connectivity index (χ3n) is 4.77. The molecule has 166 valence electrons. The van der Waals surface area contributed by atoms with Crippen molar-refractivity contribution in [2.24, 2.45) is 0 Å². The molecule has 0 atom stereocenters. The van der Waals surface area contributed by atoms with Crippen molar-refractivity contribution in [3.8, 4) is 0 Å². The molecular weight excluding hydrogens is 420 g/mol. The van der Waals surface area contributed by atoms with Gasteiger partial charge in [0.05, 0.1) is 24.7 Å². The van der Waals surface area contributed by atoms with Gasteiger partial charge < -0.3 is 20.7 Å². The molecule has 1 aliphatic rings. The number of amides is 3. The zero-order chi connectivity index (χ0) is 22.3. The summed E-state index contributed by atoms with van der Waals surface area (Å²) in [6.45, 7) is 3.09. The summed E-state index contributed by atoms with van der Waals surface area (Å²) in [7, 11) is -3.69. The molecule has 31 heavy (non-hydrogen) atoms. The number of hydrogen-bond acceptors (Lipinski definition) is 5. The molecule has 0 aromatic heterocycles. The van der Waals surface area contributed by atoms with Gasteiger partial charge in [0.15, 0.2) is 0 Å². The number of nitrogens with zero attached hydrogens (tertiary/aromatic N) is 1. The van der Waals surface area contributed by atoms with Crippen molar-refractivity contribution in [1.29, 1.82) is 0 Å². The van der Waals surface area contributed by atoms with E-state index in [-0.39, 0.29) is 11.4 Å². The number of benzene rings is 2. The molecule has 0 saturated carbocycles. The highest BCUT2D eigenvalue weighted by atomic mass is 32.2. The lowest BCUT2D eigenvalue weighted by Gasteiger charge is -2.26. The van der Waals surface area contributed by atoms with E-state index in [1.54, 1.807) is 19.1 Å². The molecule has 9 nitrogen and oxygen atoms in total. The predicted molar refractivity (Wildman–Crippen MR) is 116 cm³/mol. The monoisotopic (exact) mass is 446 g/mol. The summed E-state index contributed by atoms with van der Waals surface area (Å²) in [6, 6.07) is 13.6. The average molecular weight is 447 g/mol. The van der Waals surface area contributed by atoms with Gasteiger partial charge in [0, 0.05) is 25.3 Å². The Morgan fingerprint density at radius 1 is 1.03 bits per heavy atom. The largest absolute Gasteiger partial charge is 0.379 e. The molecule has 0 spiro atoms. The molecule has 1 heterocycles. The Hall–Kier alpha value is -2.95. The van der Waals surface area contributed by atoms with Crippen molar-refractivity contribution in [3.63, 3.8) is 0 Å². The lowest BCUT2D eigenvalue weighted by atomic mass is 10.2. The van der Waals surface area contributed by atoms with Crippen LogP contribution in [0.5, 0.6) is 0 Å². The second kappa shape index (κ2) is 10.4. The molecule has 0 bridgehead atoms. The lowest BCUT2D eigenvalue weighted by Crippen LogP contribution is -2.41. The molecule has 1 aliphatic heterocycles. The Balaban J connectivity index is 1.55. The first kappa shape index (κ1) is 22.7. The maximum Gasteiger partial charge on any atom is 0.315 e. The average Bonchev–Trinajstić information content (AvgIpc) is 2.78. The van der Waals surface area contributed by atoms with Crippen LogP contribution in [0.2, 0.25) is 0 Å². The van der Waals surface area contributed by atoms with E-state index < -0.39 is 22.0 Å². The van der Waals surface area contributed by atoms with Crippen LogP contribution < -0.4 is 16.0 Å². The molecule has 2 aromatic rings. The summed E-state index contributed by atoms with van der Waals surface area (Å²) in [6.07, 6.45) is 0. The zero-order valence-corrected chi connectivity index (χ0v) is 18.1. The number of carbonyl (C=O) groups is 2. The quantitative estimate of drug-likeness (QED) is 0.595. The molecule has 3 rings (SSSR count). The van der Waals surface area contributed by atoms with Crippen molar-refractivity contribution in [2.45, 2.75) is 18.4 Å². The topological polar surface area (TPSA) is 117 Å². The summed E-state index contributed by atoms with van der Waals surface area (Å²) >= 11 is 0. The number of morpholine rings is 1. The van der Waals surface area contributed by atoms with Crippen molar-refractivity contribution >= 4 is 27.6 Å². The number of carbonyl (C=O) groups excluding carboxylic acids is 2. The van der Waals surface area contributed by atoms with Crippen molar-refractivity contribution in [1.82, 2.24) is 14.9 Å². The highest BCUT2D eigenvalue weighted by Gasteiger charge is 2.28. The van der Waals surface area contributed by atoms with Crippen molar-refractivity contribution < 1.29 is 22.7 Å². The highest BCUT2D eigenvalue weighted by Crippen LogP contribution is 2.24. The van der Waals surface area contributed by atoms with Gasteiger partial charge in [-0.25, -0.2) is 13.2 Å². The Bertz CT molecular complexity index is 1020. The highest BCUT2D eigenvalue weighted by molar-refractivity contribution is 7.89. The smallest absolute Gasteiger partial charge is 0.315 e. The van der Waals surface area contributed by atoms with E-state index in [0.29, 0.717) is 44.1 Å². The van der Waals surface area contributed by atoms with Crippen LogP contribution in [0.15, 0.2) is 53.4 Å². The normalized spacial score (nSPS) is 14.6. The second-order valence-electron chi connectivity index (χ2n) is 7.07. The minimum Gasteiger partial charge on any atom is -0.379 e. The van der Waals surface area contributed by atoms with Gasteiger partial charge in [-0.3, -0.25) is 4.79 Å². The second-order valence-corrected chi connectivity index (χ2v) is 8.97. The fourth-order valence-electron chi connectivity index (χ4n) is 3.09. The number of aryl methyl sites for hydroxylation is 1. The minimum atomic E-state index is -3.69. The fourth-order valence-corrected chi connectivity index (χ4v) is 4.75. The van der Waals surface area contributed by atoms with Crippen LogP contribution in [0.1, 0.15) is 11.1 Å². The molecule has 2 aromatic carbocycles. The minimum absolute atomic E-state index is 0.140. The lowest BCUT2D eigenvalue weighted by molar-refractivity contribution is -0.115. The van der Waals surface area contributed by atoms with Crippen LogP contribution >= 0.6 is 0 Å². The van der Waals surface area contributed by atoms with Gasteiger partial charge in [-0.2, -0.15) is 4.31 Å². The van der Waals surface area contributed by atoms with Crippen molar-refractivity contribution in [3.05, 3.63) is 59.7 Å². The van der Waals surface area contributed by atoms with Crippen LogP contribution in [0.4, 0.5) is 10.5 Å². The Labute approximate surface area is 181 Å². The Kier molecular flexibility index (Phi) is 7.61. The summed E-state index contributed by atoms with van der Waals surface area (Å²) in [5, 5.41) is 7.77. The Morgan fingerprint density at radius 2 is 1.74 bits per heavy atom. The fraction of sp³-hybridized carbons (Fsp3) is 0.333. The molecule has 3 amide bonds. The van der Waals surface area contributed by atoms with E-state index in [4.69, 9.17) is 4.74 Å². The molecule has 0 unspecified atom stereocenters. The van der Waals surface area contributed by atoms with Gasteiger partial charge in [-0.15, -0.1) is 0 Å². The molecule has 1 fully saturated rings. The summed E-state index contributed by atoms with van der Waals surface area (Å²) in [4.78, 5) is 24.2. The van der Waals surface area contributed by atoms with E-state index in [1.165, 1.54) is 10.4 Å². The third-order valence-corrected chi connectivity index (χ3v) is 6.81. The number of rotatable bonds is 7. The van der Waals surface area contributed by atoms with Gasteiger partial charge in [0.2, 0.25) is 15.9 Å². The molecule has 0 radical (unpaired) electrons. The first-order valence-corrected chi connectivity index (χ1v) is 11.3. The number of nitrogens with one attached hydrogen (secondary N) is 3. The molecule has 0 aliphatic carbocycles. The van der Waals surface area contributed by atoms with Crippen LogP contribution in [0, 0.1) is 6.92 Å². The summed E-state index contributed by atoms with van der Waals surface area (Å²) in [5.74, 6) is -0.464. The van der Waals surface area contributed by atoms with Crippen LogP contribution in [-0.4, -0.2) is 57.5 Å². The first-order chi connectivity index (χ1) is 14.9. The van der Waals surface area contributed by atoms with Gasteiger partial charge in [0.1, 0.15) is 0 Å². The third kappa shape index (κ3) is 6.27. The number of urea groups is 1. The van der Waals surface area contributed by atoms with Gasteiger partial charge >= 0.3 is 6.03 Å². The van der Waals surface area contributed by atoms with E-state index in [1.807, 2.05) is 30.3 Å². The summed E-state index contributed by atoms with van der Waals surface area (Å²) in [5.41, 5.74) is 1.87. The number of anilines is 1. The molecule has 10 heteroatoms. The first-order valence-electron chi connectivity index (χ1n) is 9.90. The van der Waals surface area contributed by atoms with Crippen LogP contribution in [-0.2, 0) is 26.1 Å². The maximum atomic E-state index is 12.9. The number of ether oxygens (including phenoxy) is 1. The van der Waals surface area contributed by atoms with Crippen LogP contribution in [0.3, 0.4) is 0 Å². The van der Waals surface area contributed by atoms with E-state index in [2.05, 4.69) is 16.0 Å². The van der Waals surface area contributed by atoms with Crippen LogP contribution in [0.25, 0.3) is 0 Å².